The maximum absolute atomic E-state index is 12.9. The van der Waals surface area contributed by atoms with E-state index in [1.165, 1.54) is 37.8 Å². The SMILES string of the molecule is CCOC(=O)[C@]1(C)CCC[C@@]2(C)[C@@H]3CC[C@@]4(C)C[C@]3(CC[C@@H]21)C/C4=N\N. The van der Waals surface area contributed by atoms with Crippen molar-refractivity contribution >= 4 is 11.7 Å². The molecule has 4 aliphatic rings. The fourth-order valence-corrected chi connectivity index (χ4v) is 8.27. The predicted molar refractivity (Wildman–Crippen MR) is 104 cm³/mol. The van der Waals surface area contributed by atoms with Crippen LogP contribution in [0.15, 0.2) is 5.10 Å². The Bertz CT molecular complexity index is 646. The first kappa shape index (κ1) is 18.3. The lowest BCUT2D eigenvalue weighted by Crippen LogP contribution is -2.58. The number of hydrogen-bond donors (Lipinski definition) is 1. The van der Waals surface area contributed by atoms with Crippen molar-refractivity contribution in [2.45, 2.75) is 85.5 Å². The van der Waals surface area contributed by atoms with Crippen LogP contribution in [-0.4, -0.2) is 18.3 Å². The first-order chi connectivity index (χ1) is 12.2. The minimum absolute atomic E-state index is 0.0446. The van der Waals surface area contributed by atoms with Gasteiger partial charge in [-0.05, 0) is 87.9 Å². The molecule has 146 valence electrons. The van der Waals surface area contributed by atoms with Gasteiger partial charge in [0.05, 0.1) is 12.0 Å². The number of hydrogen-bond acceptors (Lipinski definition) is 4. The molecule has 26 heavy (non-hydrogen) atoms. The molecule has 0 aromatic rings. The highest BCUT2D eigenvalue weighted by atomic mass is 16.5. The molecule has 0 aliphatic heterocycles. The van der Waals surface area contributed by atoms with Gasteiger partial charge in [-0.1, -0.05) is 20.3 Å². The van der Waals surface area contributed by atoms with Gasteiger partial charge in [-0.15, -0.1) is 0 Å². The van der Waals surface area contributed by atoms with E-state index in [4.69, 9.17) is 10.6 Å². The second-order valence-electron chi connectivity index (χ2n) is 10.5. The van der Waals surface area contributed by atoms with Gasteiger partial charge in [0.15, 0.2) is 0 Å². The van der Waals surface area contributed by atoms with Crippen molar-refractivity contribution in [3.8, 4) is 0 Å². The van der Waals surface area contributed by atoms with Crippen molar-refractivity contribution in [3.05, 3.63) is 0 Å². The highest BCUT2D eigenvalue weighted by Gasteiger charge is 2.67. The summed E-state index contributed by atoms with van der Waals surface area (Å²) in [5.74, 6) is 6.98. The zero-order valence-electron chi connectivity index (χ0n) is 17.1. The maximum Gasteiger partial charge on any atom is 0.312 e. The van der Waals surface area contributed by atoms with E-state index in [1.54, 1.807) is 0 Å². The first-order valence-corrected chi connectivity index (χ1v) is 10.7. The Balaban J connectivity index is 1.71. The smallest absolute Gasteiger partial charge is 0.312 e. The largest absolute Gasteiger partial charge is 0.466 e. The molecule has 0 amide bonds. The van der Waals surface area contributed by atoms with E-state index in [9.17, 15) is 4.79 Å². The number of esters is 1. The zero-order valence-corrected chi connectivity index (χ0v) is 17.1. The Labute approximate surface area is 158 Å². The standard InChI is InChI=1S/C22H36N2O2/c1-5-26-18(25)21(4)10-6-9-20(3)15(21)8-12-22-13-17(24-23)19(2,14-22)11-7-16(20)22/h15-16H,5-14,23H2,1-4H3/b24-17+/t15-,16-,19-,20+,21+,22-/m0/s1. The average Bonchev–Trinajstić information content (AvgIpc) is 2.80. The van der Waals surface area contributed by atoms with E-state index in [-0.39, 0.29) is 22.2 Å². The summed E-state index contributed by atoms with van der Waals surface area (Å²) in [6, 6.07) is 0. The second-order valence-corrected chi connectivity index (χ2v) is 10.5. The normalized spacial score (nSPS) is 51.6. The minimum Gasteiger partial charge on any atom is -0.466 e. The monoisotopic (exact) mass is 360 g/mol. The van der Waals surface area contributed by atoms with Crippen LogP contribution < -0.4 is 5.84 Å². The summed E-state index contributed by atoms with van der Waals surface area (Å²) in [5.41, 5.74) is 1.76. The van der Waals surface area contributed by atoms with E-state index < -0.39 is 0 Å². The molecule has 0 aromatic carbocycles. The Hall–Kier alpha value is -1.06. The van der Waals surface area contributed by atoms with Crippen LogP contribution >= 0.6 is 0 Å². The molecule has 0 radical (unpaired) electrons. The third-order valence-corrected chi connectivity index (χ3v) is 9.28. The lowest BCUT2D eigenvalue weighted by molar-refractivity contribution is -0.187. The van der Waals surface area contributed by atoms with Crippen LogP contribution in [0.3, 0.4) is 0 Å². The number of nitrogens with zero attached hydrogens (tertiary/aromatic N) is 1. The molecule has 6 atom stereocenters. The molecule has 0 unspecified atom stereocenters. The van der Waals surface area contributed by atoms with Crippen LogP contribution in [0.25, 0.3) is 0 Å². The van der Waals surface area contributed by atoms with E-state index >= 15 is 0 Å². The summed E-state index contributed by atoms with van der Waals surface area (Å²) in [6.45, 7) is 9.48. The minimum atomic E-state index is -0.311. The summed E-state index contributed by atoms with van der Waals surface area (Å²) in [6.07, 6.45) is 10.6. The Kier molecular flexibility index (Phi) is 4.03. The summed E-state index contributed by atoms with van der Waals surface area (Å²) in [4.78, 5) is 12.9. The molecule has 0 saturated heterocycles. The molecule has 2 bridgehead atoms. The van der Waals surface area contributed by atoms with E-state index in [1.807, 2.05) is 6.92 Å². The topological polar surface area (TPSA) is 64.7 Å². The van der Waals surface area contributed by atoms with Crippen LogP contribution in [0.4, 0.5) is 0 Å². The van der Waals surface area contributed by atoms with Crippen LogP contribution in [0.2, 0.25) is 0 Å². The third kappa shape index (κ3) is 2.19. The Morgan fingerprint density at radius 1 is 1.15 bits per heavy atom. The molecule has 4 saturated carbocycles. The van der Waals surface area contributed by atoms with Gasteiger partial charge < -0.3 is 10.6 Å². The van der Waals surface area contributed by atoms with Crippen LogP contribution in [0.5, 0.6) is 0 Å². The van der Waals surface area contributed by atoms with Crippen molar-refractivity contribution in [1.29, 1.82) is 0 Å². The molecule has 4 heteroatoms. The van der Waals surface area contributed by atoms with E-state index in [0.717, 1.165) is 25.7 Å². The Morgan fingerprint density at radius 2 is 1.88 bits per heavy atom. The fourth-order valence-electron chi connectivity index (χ4n) is 8.27. The zero-order chi connectivity index (χ0) is 18.8. The number of carbonyl (C=O) groups excluding carboxylic acids is 1. The van der Waals surface area contributed by atoms with Gasteiger partial charge in [0.25, 0.3) is 0 Å². The van der Waals surface area contributed by atoms with Gasteiger partial charge in [0.1, 0.15) is 0 Å². The second kappa shape index (κ2) is 5.72. The lowest BCUT2D eigenvalue weighted by atomic mass is 9.40. The van der Waals surface area contributed by atoms with Gasteiger partial charge in [0.2, 0.25) is 0 Å². The average molecular weight is 361 g/mol. The predicted octanol–water partition coefficient (Wildman–Crippen LogP) is 4.67. The molecular weight excluding hydrogens is 324 g/mol. The molecule has 4 nitrogen and oxygen atoms in total. The molecule has 2 N–H and O–H groups in total. The lowest BCUT2D eigenvalue weighted by Gasteiger charge is -2.64. The fraction of sp³-hybridized carbons (Fsp3) is 0.909. The number of rotatable bonds is 2. The van der Waals surface area contributed by atoms with Gasteiger partial charge in [-0.2, -0.15) is 5.10 Å². The van der Waals surface area contributed by atoms with Gasteiger partial charge >= 0.3 is 5.97 Å². The number of nitrogens with two attached hydrogens (primary N) is 1. The molecule has 4 fully saturated rings. The van der Waals surface area contributed by atoms with Gasteiger partial charge in [0, 0.05) is 11.1 Å². The van der Waals surface area contributed by atoms with E-state index in [2.05, 4.69) is 25.9 Å². The quantitative estimate of drug-likeness (QED) is 0.442. The molecule has 4 aliphatic carbocycles. The molecule has 0 heterocycles. The van der Waals surface area contributed by atoms with Crippen molar-refractivity contribution < 1.29 is 9.53 Å². The molecule has 4 rings (SSSR count). The number of ether oxygens (including phenoxy) is 1. The first-order valence-electron chi connectivity index (χ1n) is 10.7. The third-order valence-electron chi connectivity index (χ3n) is 9.28. The van der Waals surface area contributed by atoms with Crippen molar-refractivity contribution in [3.63, 3.8) is 0 Å². The highest BCUT2D eigenvalue weighted by molar-refractivity contribution is 5.93. The van der Waals surface area contributed by atoms with Crippen molar-refractivity contribution in [2.24, 2.45) is 44.4 Å². The highest BCUT2D eigenvalue weighted by Crippen LogP contribution is 2.73. The van der Waals surface area contributed by atoms with Crippen molar-refractivity contribution in [2.75, 3.05) is 6.61 Å². The molecule has 0 aromatic heterocycles. The number of carbonyl (C=O) groups is 1. The van der Waals surface area contributed by atoms with Crippen LogP contribution in [0.1, 0.15) is 85.5 Å². The molecule has 1 spiro atoms. The van der Waals surface area contributed by atoms with Crippen molar-refractivity contribution in [1.82, 2.24) is 0 Å². The number of fused-ring (bicyclic) bond motifs is 3. The summed E-state index contributed by atoms with van der Waals surface area (Å²) in [5, 5.41) is 4.24. The Morgan fingerprint density at radius 3 is 2.58 bits per heavy atom. The maximum atomic E-state index is 12.9. The van der Waals surface area contributed by atoms with E-state index in [0.29, 0.717) is 23.9 Å². The summed E-state index contributed by atoms with van der Waals surface area (Å²) in [7, 11) is 0. The summed E-state index contributed by atoms with van der Waals surface area (Å²) < 4.78 is 5.55. The van der Waals surface area contributed by atoms with Crippen LogP contribution in [0, 0.1) is 33.5 Å². The van der Waals surface area contributed by atoms with Crippen LogP contribution in [-0.2, 0) is 9.53 Å². The van der Waals surface area contributed by atoms with Gasteiger partial charge in [-0.25, -0.2) is 0 Å². The molecular formula is C22H36N2O2. The summed E-state index contributed by atoms with van der Waals surface area (Å²) >= 11 is 0. The number of hydrazone groups is 1. The van der Waals surface area contributed by atoms with Gasteiger partial charge in [-0.3, -0.25) is 4.79 Å².